The first-order chi connectivity index (χ1) is 11.2. The van der Waals surface area contributed by atoms with E-state index < -0.39 is 0 Å². The monoisotopic (exact) mass is 343 g/mol. The van der Waals surface area contributed by atoms with E-state index in [9.17, 15) is 4.79 Å². The maximum atomic E-state index is 12.7. The minimum Gasteiger partial charge on any atom is -0.335 e. The van der Waals surface area contributed by atoms with E-state index in [4.69, 9.17) is 0 Å². The van der Waals surface area contributed by atoms with Gasteiger partial charge in [-0.1, -0.05) is 6.07 Å². The summed E-state index contributed by atoms with van der Waals surface area (Å²) in [5.74, 6) is 0.808. The first-order valence-electron chi connectivity index (χ1n) is 8.33. The molecule has 1 aromatic carbocycles. The molecule has 1 aromatic heterocycles. The smallest absolute Gasteiger partial charge is 0.233 e. The van der Waals surface area contributed by atoms with Gasteiger partial charge >= 0.3 is 0 Å². The van der Waals surface area contributed by atoms with Crippen molar-refractivity contribution in [3.8, 4) is 0 Å². The van der Waals surface area contributed by atoms with Crippen LogP contribution in [-0.2, 0) is 24.1 Å². The highest BCUT2D eigenvalue weighted by Gasteiger charge is 2.28. The zero-order chi connectivity index (χ0) is 15.8. The van der Waals surface area contributed by atoms with Crippen LogP contribution in [0.3, 0.4) is 0 Å². The molecular formula is C19H21NOS2. The largest absolute Gasteiger partial charge is 0.335 e. The topological polar surface area (TPSA) is 20.3 Å². The van der Waals surface area contributed by atoms with Gasteiger partial charge in [-0.15, -0.1) is 23.1 Å². The number of fused-ring (bicyclic) bond motifs is 2. The molecule has 0 bridgehead atoms. The van der Waals surface area contributed by atoms with Gasteiger partial charge < -0.3 is 4.90 Å². The van der Waals surface area contributed by atoms with Crippen LogP contribution in [0.4, 0.5) is 0 Å². The van der Waals surface area contributed by atoms with Crippen molar-refractivity contribution in [3.63, 3.8) is 0 Å². The van der Waals surface area contributed by atoms with Crippen LogP contribution in [0.5, 0.6) is 0 Å². The van der Waals surface area contributed by atoms with Gasteiger partial charge in [-0.05, 0) is 72.9 Å². The maximum absolute atomic E-state index is 12.7. The Labute approximate surface area is 145 Å². The van der Waals surface area contributed by atoms with Crippen LogP contribution in [0.1, 0.15) is 41.0 Å². The summed E-state index contributed by atoms with van der Waals surface area (Å²) in [6.07, 6.45) is 4.69. The van der Waals surface area contributed by atoms with Gasteiger partial charge in [0.1, 0.15) is 0 Å². The van der Waals surface area contributed by atoms with E-state index in [1.54, 1.807) is 11.8 Å². The number of carbonyl (C=O) groups is 1. The highest BCUT2D eigenvalue weighted by molar-refractivity contribution is 8.00. The second kappa shape index (κ2) is 6.33. The molecule has 2 aliphatic rings. The molecule has 0 spiro atoms. The molecule has 0 saturated carbocycles. The summed E-state index contributed by atoms with van der Waals surface area (Å²) in [4.78, 5) is 17.4. The number of thioether (sulfide) groups is 1. The van der Waals surface area contributed by atoms with Crippen LogP contribution in [0.2, 0.25) is 0 Å². The Balaban J connectivity index is 1.41. The molecular weight excluding hydrogens is 322 g/mol. The van der Waals surface area contributed by atoms with E-state index in [1.807, 2.05) is 11.3 Å². The number of nitrogens with zero attached hydrogens (tertiary/aromatic N) is 1. The van der Waals surface area contributed by atoms with Gasteiger partial charge in [0.25, 0.3) is 0 Å². The van der Waals surface area contributed by atoms with Gasteiger partial charge in [0, 0.05) is 16.3 Å². The Kier molecular flexibility index (Phi) is 4.20. The van der Waals surface area contributed by atoms with E-state index in [0.29, 0.717) is 5.75 Å². The lowest BCUT2D eigenvalue weighted by atomic mass is 10.0. The standard InChI is InChI=1S/C19H21NOS2/c1-13-17-8-10-22-18(17)7-9-20(13)19(21)12-23-16-6-5-14-3-2-4-15(14)11-16/h5-6,8,10-11,13H,2-4,7,9,12H2,1H3/t13-/m1/s1. The molecule has 120 valence electrons. The van der Waals surface area contributed by atoms with Gasteiger partial charge in [0.05, 0.1) is 11.8 Å². The first-order valence-corrected chi connectivity index (χ1v) is 10.2. The Morgan fingerprint density at radius 2 is 2.13 bits per heavy atom. The fourth-order valence-electron chi connectivity index (χ4n) is 3.72. The molecule has 0 radical (unpaired) electrons. The summed E-state index contributed by atoms with van der Waals surface area (Å²) in [7, 11) is 0. The number of thiophene rings is 1. The number of aryl methyl sites for hydroxylation is 2. The lowest BCUT2D eigenvalue weighted by Gasteiger charge is -2.33. The van der Waals surface area contributed by atoms with Gasteiger partial charge in [-0.3, -0.25) is 4.79 Å². The Hall–Kier alpha value is -1.26. The van der Waals surface area contributed by atoms with E-state index in [0.717, 1.165) is 13.0 Å². The number of rotatable bonds is 3. The van der Waals surface area contributed by atoms with Gasteiger partial charge in [-0.25, -0.2) is 0 Å². The number of hydrogen-bond donors (Lipinski definition) is 0. The minimum absolute atomic E-state index is 0.220. The molecule has 1 atom stereocenters. The maximum Gasteiger partial charge on any atom is 0.233 e. The molecule has 1 aliphatic heterocycles. The van der Waals surface area contributed by atoms with Crippen molar-refractivity contribution in [1.82, 2.24) is 4.90 Å². The second-order valence-electron chi connectivity index (χ2n) is 6.38. The predicted molar refractivity (Wildman–Crippen MR) is 97.3 cm³/mol. The molecule has 2 aromatic rings. The van der Waals surface area contributed by atoms with Crippen molar-refractivity contribution in [1.29, 1.82) is 0 Å². The fraction of sp³-hybridized carbons (Fsp3) is 0.421. The average molecular weight is 344 g/mol. The van der Waals surface area contributed by atoms with Crippen molar-refractivity contribution in [2.45, 2.75) is 43.5 Å². The molecule has 0 fully saturated rings. The summed E-state index contributed by atoms with van der Waals surface area (Å²) in [6, 6.07) is 9.11. The van der Waals surface area contributed by atoms with Crippen molar-refractivity contribution >= 4 is 29.0 Å². The highest BCUT2D eigenvalue weighted by Crippen LogP contribution is 2.34. The van der Waals surface area contributed by atoms with E-state index >= 15 is 0 Å². The summed E-state index contributed by atoms with van der Waals surface area (Å²) < 4.78 is 0. The predicted octanol–water partition coefficient (Wildman–Crippen LogP) is 4.47. The highest BCUT2D eigenvalue weighted by atomic mass is 32.2. The Bertz CT molecular complexity index is 737. The molecule has 2 heterocycles. The molecule has 2 nitrogen and oxygen atoms in total. The van der Waals surface area contributed by atoms with E-state index in [1.165, 1.54) is 45.7 Å². The van der Waals surface area contributed by atoms with Crippen molar-refractivity contribution in [2.24, 2.45) is 0 Å². The van der Waals surface area contributed by atoms with E-state index in [-0.39, 0.29) is 11.9 Å². The van der Waals surface area contributed by atoms with Crippen molar-refractivity contribution in [3.05, 3.63) is 51.2 Å². The van der Waals surface area contributed by atoms with Crippen LogP contribution in [0.15, 0.2) is 34.5 Å². The lowest BCUT2D eigenvalue weighted by Crippen LogP contribution is -2.39. The number of hydrogen-bond acceptors (Lipinski definition) is 3. The molecule has 0 unspecified atom stereocenters. The van der Waals surface area contributed by atoms with Crippen LogP contribution in [0.25, 0.3) is 0 Å². The van der Waals surface area contributed by atoms with Crippen molar-refractivity contribution in [2.75, 3.05) is 12.3 Å². The van der Waals surface area contributed by atoms with Crippen LogP contribution in [0, 0.1) is 0 Å². The first kappa shape index (κ1) is 15.3. The number of benzene rings is 1. The SMILES string of the molecule is C[C@@H]1c2ccsc2CCN1C(=O)CSc1ccc2c(c1)CCC2. The second-order valence-corrected chi connectivity index (χ2v) is 8.43. The average Bonchev–Trinajstić information content (AvgIpc) is 3.21. The number of amides is 1. The van der Waals surface area contributed by atoms with E-state index in [2.05, 4.69) is 41.5 Å². The molecule has 23 heavy (non-hydrogen) atoms. The molecule has 0 saturated heterocycles. The third-order valence-corrected chi connectivity index (χ3v) is 7.00. The zero-order valence-corrected chi connectivity index (χ0v) is 15.0. The molecule has 0 N–H and O–H groups in total. The summed E-state index contributed by atoms with van der Waals surface area (Å²) in [5, 5.41) is 2.15. The van der Waals surface area contributed by atoms with Crippen LogP contribution < -0.4 is 0 Å². The van der Waals surface area contributed by atoms with Crippen LogP contribution in [-0.4, -0.2) is 23.1 Å². The summed E-state index contributed by atoms with van der Waals surface area (Å²) in [6.45, 7) is 3.01. The molecule has 4 rings (SSSR count). The quantitative estimate of drug-likeness (QED) is 0.766. The zero-order valence-electron chi connectivity index (χ0n) is 13.4. The fourth-order valence-corrected chi connectivity index (χ4v) is 5.52. The van der Waals surface area contributed by atoms with Crippen LogP contribution >= 0.6 is 23.1 Å². The van der Waals surface area contributed by atoms with Gasteiger partial charge in [-0.2, -0.15) is 0 Å². The lowest BCUT2D eigenvalue weighted by molar-refractivity contribution is -0.130. The van der Waals surface area contributed by atoms with Gasteiger partial charge in [0.2, 0.25) is 5.91 Å². The third kappa shape index (κ3) is 2.94. The molecule has 1 amide bonds. The molecule has 1 aliphatic carbocycles. The Morgan fingerprint density at radius 3 is 3.04 bits per heavy atom. The Morgan fingerprint density at radius 1 is 1.26 bits per heavy atom. The minimum atomic E-state index is 0.220. The number of carbonyl (C=O) groups excluding carboxylic acids is 1. The van der Waals surface area contributed by atoms with Gasteiger partial charge in [0.15, 0.2) is 0 Å². The summed E-state index contributed by atoms with van der Waals surface area (Å²) in [5.41, 5.74) is 4.32. The summed E-state index contributed by atoms with van der Waals surface area (Å²) >= 11 is 3.51. The third-order valence-electron chi connectivity index (χ3n) is 5.03. The normalized spacial score (nSPS) is 19.5. The van der Waals surface area contributed by atoms with Crippen molar-refractivity contribution < 1.29 is 4.79 Å². The molecule has 4 heteroatoms.